The van der Waals surface area contributed by atoms with Crippen LogP contribution in [-0.2, 0) is 0 Å². The third-order valence-corrected chi connectivity index (χ3v) is 5.34. The van der Waals surface area contributed by atoms with Gasteiger partial charge in [0.25, 0.3) is 0 Å². The Hall–Kier alpha value is -0.570. The van der Waals surface area contributed by atoms with Gasteiger partial charge in [-0.05, 0) is 51.3 Å². The zero-order chi connectivity index (χ0) is 13.4. The molecule has 2 nitrogen and oxygen atoms in total. The standard InChI is InChI=1S/C16H23ClN2/c1-11(15-5-3-4-6-16(15)17)19-13-7-8-14(19)10-12(9-13)18-2/h3-6,11-14,18H,7-10H2,1-2H3. The van der Waals surface area contributed by atoms with Gasteiger partial charge in [-0.25, -0.2) is 0 Å². The van der Waals surface area contributed by atoms with Crippen LogP contribution in [0.2, 0.25) is 5.02 Å². The van der Waals surface area contributed by atoms with Gasteiger partial charge in [0.05, 0.1) is 0 Å². The van der Waals surface area contributed by atoms with Crippen molar-refractivity contribution in [3.05, 3.63) is 34.9 Å². The molecule has 0 saturated carbocycles. The summed E-state index contributed by atoms with van der Waals surface area (Å²) in [5.74, 6) is 0. The monoisotopic (exact) mass is 278 g/mol. The minimum atomic E-state index is 0.434. The maximum Gasteiger partial charge on any atom is 0.0453 e. The summed E-state index contributed by atoms with van der Waals surface area (Å²) in [5.41, 5.74) is 1.28. The van der Waals surface area contributed by atoms with Crippen molar-refractivity contribution in [2.75, 3.05) is 7.05 Å². The van der Waals surface area contributed by atoms with Crippen LogP contribution in [0.5, 0.6) is 0 Å². The average molecular weight is 279 g/mol. The Bertz CT molecular complexity index is 434. The van der Waals surface area contributed by atoms with Crippen LogP contribution in [-0.4, -0.2) is 30.1 Å². The second-order valence-corrected chi connectivity index (χ2v) is 6.39. The molecule has 0 radical (unpaired) electrons. The first-order chi connectivity index (χ1) is 9.20. The molecule has 2 heterocycles. The maximum atomic E-state index is 6.37. The third kappa shape index (κ3) is 2.42. The van der Waals surface area contributed by atoms with Gasteiger partial charge in [-0.1, -0.05) is 29.8 Å². The molecule has 19 heavy (non-hydrogen) atoms. The van der Waals surface area contributed by atoms with Crippen molar-refractivity contribution in [3.8, 4) is 0 Å². The lowest BCUT2D eigenvalue weighted by Gasteiger charge is -2.42. The predicted molar refractivity (Wildman–Crippen MR) is 80.6 cm³/mol. The largest absolute Gasteiger partial charge is 0.317 e. The van der Waals surface area contributed by atoms with Gasteiger partial charge in [0.1, 0.15) is 0 Å². The van der Waals surface area contributed by atoms with Crippen LogP contribution < -0.4 is 5.32 Å². The van der Waals surface area contributed by atoms with Crippen LogP contribution in [0.3, 0.4) is 0 Å². The summed E-state index contributed by atoms with van der Waals surface area (Å²) in [5, 5.41) is 4.37. The van der Waals surface area contributed by atoms with Crippen molar-refractivity contribution in [1.82, 2.24) is 10.2 Å². The van der Waals surface area contributed by atoms with Crippen LogP contribution in [0.25, 0.3) is 0 Å². The summed E-state index contributed by atoms with van der Waals surface area (Å²) < 4.78 is 0. The molecule has 0 aromatic heterocycles. The quantitative estimate of drug-likeness (QED) is 0.909. The number of piperidine rings is 1. The van der Waals surface area contributed by atoms with Gasteiger partial charge in [0.2, 0.25) is 0 Å². The number of halogens is 1. The lowest BCUT2D eigenvalue weighted by molar-refractivity contribution is 0.0789. The van der Waals surface area contributed by atoms with Gasteiger partial charge < -0.3 is 5.32 Å². The Morgan fingerprint density at radius 1 is 1.21 bits per heavy atom. The molecule has 3 heteroatoms. The highest BCUT2D eigenvalue weighted by Gasteiger charge is 2.42. The SMILES string of the molecule is CNC1CC2CCC(C1)N2C(C)c1ccccc1Cl. The zero-order valence-corrected chi connectivity index (χ0v) is 12.5. The molecule has 2 bridgehead atoms. The minimum absolute atomic E-state index is 0.434. The van der Waals surface area contributed by atoms with E-state index in [0.717, 1.165) is 17.1 Å². The normalized spacial score (nSPS) is 32.5. The molecule has 1 N–H and O–H groups in total. The predicted octanol–water partition coefficient (Wildman–Crippen LogP) is 3.62. The number of fused-ring (bicyclic) bond motifs is 2. The number of benzene rings is 1. The van der Waals surface area contributed by atoms with Crippen LogP contribution in [0.15, 0.2) is 24.3 Å². The summed E-state index contributed by atoms with van der Waals surface area (Å²) in [6.45, 7) is 2.31. The number of hydrogen-bond donors (Lipinski definition) is 1. The number of hydrogen-bond acceptors (Lipinski definition) is 2. The van der Waals surface area contributed by atoms with Gasteiger partial charge in [-0.2, -0.15) is 0 Å². The summed E-state index contributed by atoms with van der Waals surface area (Å²) >= 11 is 6.37. The summed E-state index contributed by atoms with van der Waals surface area (Å²) in [6, 6.07) is 10.9. The Kier molecular flexibility index (Phi) is 3.84. The highest BCUT2D eigenvalue weighted by atomic mass is 35.5. The van der Waals surface area contributed by atoms with Crippen LogP contribution in [0.4, 0.5) is 0 Å². The molecular weight excluding hydrogens is 256 g/mol. The highest BCUT2D eigenvalue weighted by molar-refractivity contribution is 6.31. The fraction of sp³-hybridized carbons (Fsp3) is 0.625. The first kappa shape index (κ1) is 13.4. The van der Waals surface area contributed by atoms with Crippen molar-refractivity contribution >= 4 is 11.6 Å². The van der Waals surface area contributed by atoms with E-state index in [1.165, 1.54) is 31.2 Å². The van der Waals surface area contributed by atoms with E-state index in [9.17, 15) is 0 Å². The first-order valence-corrected chi connectivity index (χ1v) is 7.77. The molecule has 3 unspecified atom stereocenters. The minimum Gasteiger partial charge on any atom is -0.317 e. The molecule has 2 saturated heterocycles. The Morgan fingerprint density at radius 3 is 2.42 bits per heavy atom. The summed E-state index contributed by atoms with van der Waals surface area (Å²) in [7, 11) is 2.09. The maximum absolute atomic E-state index is 6.37. The lowest BCUT2D eigenvalue weighted by Crippen LogP contribution is -2.49. The topological polar surface area (TPSA) is 15.3 Å². The molecule has 2 aliphatic heterocycles. The fourth-order valence-electron chi connectivity index (χ4n) is 4.06. The molecule has 3 rings (SSSR count). The van der Waals surface area contributed by atoms with Gasteiger partial charge in [0.15, 0.2) is 0 Å². The summed E-state index contributed by atoms with van der Waals surface area (Å²) in [6.07, 6.45) is 5.25. The van der Waals surface area contributed by atoms with E-state index in [0.29, 0.717) is 12.1 Å². The van der Waals surface area contributed by atoms with Crippen molar-refractivity contribution in [1.29, 1.82) is 0 Å². The molecule has 1 aromatic rings. The van der Waals surface area contributed by atoms with Crippen LogP contribution in [0, 0.1) is 0 Å². The molecule has 0 amide bonds. The molecule has 1 aromatic carbocycles. The molecule has 2 fully saturated rings. The van der Waals surface area contributed by atoms with E-state index in [-0.39, 0.29) is 0 Å². The van der Waals surface area contributed by atoms with Gasteiger partial charge in [-0.3, -0.25) is 4.90 Å². The van der Waals surface area contributed by atoms with E-state index >= 15 is 0 Å². The molecule has 0 spiro atoms. The third-order valence-electron chi connectivity index (χ3n) is 5.00. The first-order valence-electron chi connectivity index (χ1n) is 7.40. The lowest BCUT2D eigenvalue weighted by atomic mass is 9.94. The van der Waals surface area contributed by atoms with Crippen molar-refractivity contribution < 1.29 is 0 Å². The fourth-order valence-corrected chi connectivity index (χ4v) is 4.35. The molecule has 0 aliphatic carbocycles. The van der Waals surface area contributed by atoms with Crippen LogP contribution in [0.1, 0.15) is 44.2 Å². The smallest absolute Gasteiger partial charge is 0.0453 e. The van der Waals surface area contributed by atoms with Gasteiger partial charge in [0, 0.05) is 29.2 Å². The molecule has 2 aliphatic rings. The Morgan fingerprint density at radius 2 is 1.84 bits per heavy atom. The Labute approximate surface area is 121 Å². The van der Waals surface area contributed by atoms with E-state index in [4.69, 9.17) is 11.6 Å². The highest BCUT2D eigenvalue weighted by Crippen LogP contribution is 2.42. The van der Waals surface area contributed by atoms with Crippen molar-refractivity contribution in [2.24, 2.45) is 0 Å². The second kappa shape index (κ2) is 5.43. The van der Waals surface area contributed by atoms with Crippen LogP contribution >= 0.6 is 11.6 Å². The average Bonchev–Trinajstić information content (AvgIpc) is 2.69. The van der Waals surface area contributed by atoms with E-state index in [1.807, 2.05) is 12.1 Å². The van der Waals surface area contributed by atoms with Crippen molar-refractivity contribution in [3.63, 3.8) is 0 Å². The van der Waals surface area contributed by atoms with E-state index in [2.05, 4.69) is 36.3 Å². The van der Waals surface area contributed by atoms with Gasteiger partial charge >= 0.3 is 0 Å². The number of nitrogens with zero attached hydrogens (tertiary/aromatic N) is 1. The molecule has 104 valence electrons. The number of nitrogens with one attached hydrogen (secondary N) is 1. The van der Waals surface area contributed by atoms with E-state index in [1.54, 1.807) is 0 Å². The van der Waals surface area contributed by atoms with Crippen molar-refractivity contribution in [2.45, 2.75) is 56.8 Å². The molecular formula is C16H23ClN2. The zero-order valence-electron chi connectivity index (χ0n) is 11.8. The Balaban J connectivity index is 1.82. The summed E-state index contributed by atoms with van der Waals surface area (Å²) in [4.78, 5) is 2.72. The van der Waals surface area contributed by atoms with E-state index < -0.39 is 0 Å². The second-order valence-electron chi connectivity index (χ2n) is 5.99. The van der Waals surface area contributed by atoms with Gasteiger partial charge in [-0.15, -0.1) is 0 Å². The number of rotatable bonds is 3. The molecule has 3 atom stereocenters.